The Bertz CT molecular complexity index is 442. The van der Waals surface area contributed by atoms with E-state index in [0.717, 1.165) is 30.3 Å². The molecule has 1 aromatic heterocycles. The zero-order valence-corrected chi connectivity index (χ0v) is 11.4. The first-order chi connectivity index (χ1) is 8.09. The summed E-state index contributed by atoms with van der Waals surface area (Å²) in [5, 5.41) is 0.164. The lowest BCUT2D eigenvalue weighted by molar-refractivity contribution is -0.119. The van der Waals surface area contributed by atoms with Crippen LogP contribution in [0.1, 0.15) is 19.3 Å². The van der Waals surface area contributed by atoms with Crippen LogP contribution in [0.25, 0.3) is 0 Å². The fourth-order valence-corrected chi connectivity index (χ4v) is 2.57. The van der Waals surface area contributed by atoms with Gasteiger partial charge in [-0.3, -0.25) is 4.79 Å². The van der Waals surface area contributed by atoms with E-state index in [-0.39, 0.29) is 17.2 Å². The first kappa shape index (κ1) is 12.6. The summed E-state index contributed by atoms with van der Waals surface area (Å²) >= 11 is 9.14. The van der Waals surface area contributed by atoms with Crippen molar-refractivity contribution >= 4 is 39.3 Å². The van der Waals surface area contributed by atoms with E-state index in [2.05, 4.69) is 25.9 Å². The van der Waals surface area contributed by atoms with Crippen LogP contribution in [0.3, 0.4) is 0 Å². The molecule has 0 aromatic carbocycles. The number of nitrogens with two attached hydrogens (primary N) is 1. The third-order valence-corrected chi connectivity index (χ3v) is 3.54. The molecule has 92 valence electrons. The van der Waals surface area contributed by atoms with Crippen molar-refractivity contribution < 1.29 is 4.79 Å². The van der Waals surface area contributed by atoms with Crippen LogP contribution < -0.4 is 10.6 Å². The molecule has 1 aromatic rings. The number of hydrogen-bond donors (Lipinski definition) is 1. The molecule has 17 heavy (non-hydrogen) atoms. The summed E-state index contributed by atoms with van der Waals surface area (Å²) in [4.78, 5) is 21.3. The van der Waals surface area contributed by atoms with E-state index in [1.54, 1.807) is 6.20 Å². The van der Waals surface area contributed by atoms with Gasteiger partial charge in [0.2, 0.25) is 11.2 Å². The molecule has 1 aliphatic rings. The summed E-state index contributed by atoms with van der Waals surface area (Å²) in [5.41, 5.74) is 5.41. The van der Waals surface area contributed by atoms with Gasteiger partial charge >= 0.3 is 0 Å². The number of amides is 1. The fourth-order valence-electron chi connectivity index (χ4n) is 2.02. The Hall–Kier alpha value is -0.880. The Labute approximate surface area is 112 Å². The van der Waals surface area contributed by atoms with Crippen LogP contribution in [-0.4, -0.2) is 28.5 Å². The molecule has 0 bridgehead atoms. The van der Waals surface area contributed by atoms with Gasteiger partial charge in [-0.1, -0.05) is 0 Å². The number of nitrogens with zero attached hydrogens (tertiary/aromatic N) is 3. The SMILES string of the molecule is NC(=O)C1CCCCN1c1nc(Cl)ncc1Br. The maximum atomic E-state index is 11.4. The summed E-state index contributed by atoms with van der Waals surface area (Å²) in [6.45, 7) is 0.750. The van der Waals surface area contributed by atoms with Crippen LogP contribution in [0, 0.1) is 0 Å². The van der Waals surface area contributed by atoms with Gasteiger partial charge in [-0.2, -0.15) is 4.98 Å². The molecule has 1 atom stereocenters. The quantitative estimate of drug-likeness (QED) is 0.843. The van der Waals surface area contributed by atoms with E-state index < -0.39 is 0 Å². The lowest BCUT2D eigenvalue weighted by atomic mass is 10.0. The maximum absolute atomic E-state index is 11.4. The van der Waals surface area contributed by atoms with Crippen LogP contribution in [0.15, 0.2) is 10.7 Å². The van der Waals surface area contributed by atoms with E-state index in [9.17, 15) is 4.79 Å². The largest absolute Gasteiger partial charge is 0.368 e. The molecule has 0 spiro atoms. The minimum absolute atomic E-state index is 0.164. The van der Waals surface area contributed by atoms with E-state index in [1.165, 1.54) is 0 Å². The molecule has 2 heterocycles. The van der Waals surface area contributed by atoms with Gasteiger partial charge in [0.1, 0.15) is 11.9 Å². The third-order valence-electron chi connectivity index (χ3n) is 2.80. The smallest absolute Gasteiger partial charge is 0.240 e. The number of hydrogen-bond acceptors (Lipinski definition) is 4. The van der Waals surface area contributed by atoms with E-state index in [4.69, 9.17) is 17.3 Å². The number of carbonyl (C=O) groups is 1. The molecule has 0 radical (unpaired) electrons. The molecule has 2 N–H and O–H groups in total. The van der Waals surface area contributed by atoms with Crippen molar-refractivity contribution in [3.8, 4) is 0 Å². The second kappa shape index (κ2) is 5.18. The molecule has 1 saturated heterocycles. The highest BCUT2D eigenvalue weighted by Gasteiger charge is 2.29. The number of halogens is 2. The fraction of sp³-hybridized carbons (Fsp3) is 0.500. The molecule has 1 amide bonds. The lowest BCUT2D eigenvalue weighted by Gasteiger charge is -2.34. The molecule has 7 heteroatoms. The van der Waals surface area contributed by atoms with Gasteiger partial charge in [-0.25, -0.2) is 4.98 Å². The van der Waals surface area contributed by atoms with Crippen molar-refractivity contribution in [3.63, 3.8) is 0 Å². The van der Waals surface area contributed by atoms with Crippen molar-refractivity contribution in [2.45, 2.75) is 25.3 Å². The minimum Gasteiger partial charge on any atom is -0.368 e. The number of carbonyl (C=O) groups excluding carboxylic acids is 1. The molecule has 2 rings (SSSR count). The molecule has 5 nitrogen and oxygen atoms in total. The monoisotopic (exact) mass is 318 g/mol. The number of piperidine rings is 1. The molecule has 1 fully saturated rings. The number of anilines is 1. The Morgan fingerprint density at radius 3 is 3.06 bits per heavy atom. The van der Waals surface area contributed by atoms with E-state index in [0.29, 0.717) is 5.82 Å². The van der Waals surface area contributed by atoms with Gasteiger partial charge in [0.15, 0.2) is 0 Å². The Balaban J connectivity index is 2.35. The van der Waals surface area contributed by atoms with Crippen LogP contribution in [0.4, 0.5) is 5.82 Å². The molecule has 1 aliphatic heterocycles. The standard InChI is InChI=1S/C10H12BrClN4O/c11-6-5-14-10(12)15-9(6)16-4-2-1-3-7(16)8(13)17/h5,7H,1-4H2,(H2,13,17). The molecular weight excluding hydrogens is 307 g/mol. The van der Waals surface area contributed by atoms with Crippen molar-refractivity contribution in [2.24, 2.45) is 5.73 Å². The van der Waals surface area contributed by atoms with Crippen molar-refractivity contribution in [1.29, 1.82) is 0 Å². The molecule has 1 unspecified atom stereocenters. The Morgan fingerprint density at radius 1 is 1.59 bits per heavy atom. The topological polar surface area (TPSA) is 72.1 Å². The van der Waals surface area contributed by atoms with Crippen LogP contribution in [-0.2, 0) is 4.79 Å². The summed E-state index contributed by atoms with van der Waals surface area (Å²) < 4.78 is 0.718. The van der Waals surface area contributed by atoms with Crippen molar-refractivity contribution in [1.82, 2.24) is 9.97 Å². The van der Waals surface area contributed by atoms with E-state index in [1.807, 2.05) is 4.90 Å². The first-order valence-corrected chi connectivity index (χ1v) is 6.50. The van der Waals surface area contributed by atoms with Crippen LogP contribution in [0.5, 0.6) is 0 Å². The summed E-state index contributed by atoms with van der Waals surface area (Å²) in [6, 6.07) is -0.314. The highest BCUT2D eigenvalue weighted by Crippen LogP contribution is 2.29. The lowest BCUT2D eigenvalue weighted by Crippen LogP contribution is -2.48. The number of rotatable bonds is 2. The Morgan fingerprint density at radius 2 is 2.35 bits per heavy atom. The van der Waals surface area contributed by atoms with Crippen LogP contribution in [0.2, 0.25) is 5.28 Å². The predicted molar refractivity (Wildman–Crippen MR) is 68.9 cm³/mol. The zero-order valence-electron chi connectivity index (χ0n) is 9.07. The Kier molecular flexibility index (Phi) is 3.83. The highest BCUT2D eigenvalue weighted by atomic mass is 79.9. The predicted octanol–water partition coefficient (Wildman–Crippen LogP) is 1.74. The first-order valence-electron chi connectivity index (χ1n) is 5.33. The van der Waals surface area contributed by atoms with E-state index >= 15 is 0 Å². The minimum atomic E-state index is -0.327. The zero-order chi connectivity index (χ0) is 12.4. The van der Waals surface area contributed by atoms with Gasteiger partial charge in [0.05, 0.1) is 4.47 Å². The van der Waals surface area contributed by atoms with Gasteiger partial charge in [0.25, 0.3) is 0 Å². The molecule has 0 saturated carbocycles. The third kappa shape index (κ3) is 2.69. The average molecular weight is 320 g/mol. The normalized spacial score (nSPS) is 20.4. The number of primary amides is 1. The summed E-state index contributed by atoms with van der Waals surface area (Å²) in [7, 11) is 0. The van der Waals surface area contributed by atoms with Gasteiger partial charge < -0.3 is 10.6 Å². The van der Waals surface area contributed by atoms with Crippen molar-refractivity contribution in [2.75, 3.05) is 11.4 Å². The molecule has 0 aliphatic carbocycles. The van der Waals surface area contributed by atoms with Gasteiger partial charge in [-0.15, -0.1) is 0 Å². The second-order valence-electron chi connectivity index (χ2n) is 3.92. The number of aromatic nitrogens is 2. The molecular formula is C10H12BrClN4O. The van der Waals surface area contributed by atoms with Crippen LogP contribution >= 0.6 is 27.5 Å². The van der Waals surface area contributed by atoms with Gasteiger partial charge in [-0.05, 0) is 46.8 Å². The summed E-state index contributed by atoms with van der Waals surface area (Å²) in [5.74, 6) is 0.305. The average Bonchev–Trinajstić information content (AvgIpc) is 2.32. The van der Waals surface area contributed by atoms with Gasteiger partial charge in [0, 0.05) is 12.7 Å². The second-order valence-corrected chi connectivity index (χ2v) is 5.11. The summed E-state index contributed by atoms with van der Waals surface area (Å²) in [6.07, 6.45) is 4.35. The maximum Gasteiger partial charge on any atom is 0.240 e. The van der Waals surface area contributed by atoms with Crippen molar-refractivity contribution in [3.05, 3.63) is 16.0 Å². The highest BCUT2D eigenvalue weighted by molar-refractivity contribution is 9.10.